The lowest BCUT2D eigenvalue weighted by molar-refractivity contribution is 0.462. The molecule has 0 unspecified atom stereocenters. The Hall–Kier alpha value is -1.06. The Morgan fingerprint density at radius 3 is 2.07 bits per heavy atom. The topological polar surface area (TPSA) is 39.8 Å². The number of rotatable bonds is 1. The third-order valence-electron chi connectivity index (χ3n) is 2.14. The normalized spacial score (nSPS) is 12.5. The van der Waals surface area contributed by atoms with Gasteiger partial charge in [-0.2, -0.15) is 5.10 Å². The maximum atomic E-state index is 11.7. The summed E-state index contributed by atoms with van der Waals surface area (Å²) >= 11 is 0. The van der Waals surface area contributed by atoms with Gasteiger partial charge < -0.3 is 0 Å². The summed E-state index contributed by atoms with van der Waals surface area (Å²) in [4.78, 5) is 11.7. The maximum absolute atomic E-state index is 11.7. The van der Waals surface area contributed by atoms with Crippen LogP contribution in [-0.4, -0.2) is 14.3 Å². The first kappa shape index (κ1) is 11.0. The van der Waals surface area contributed by atoms with E-state index in [0.717, 1.165) is 5.82 Å². The lowest BCUT2D eigenvalue weighted by atomic mass is 9.95. The highest BCUT2D eigenvalue weighted by molar-refractivity contribution is 5.03. The standard InChI is InChI=1S/C10H19N3O/c1-7(2)13-8(10(3,4)5)11-12(6)9(13)14/h7H,1-6H3. The predicted octanol–water partition coefficient (Wildman–Crippen LogP) is 1.46. The van der Waals surface area contributed by atoms with Crippen molar-refractivity contribution in [3.63, 3.8) is 0 Å². The van der Waals surface area contributed by atoms with Crippen LogP contribution in [-0.2, 0) is 12.5 Å². The first-order valence-corrected chi connectivity index (χ1v) is 4.91. The minimum atomic E-state index is -0.0926. The smallest absolute Gasteiger partial charge is 0.276 e. The van der Waals surface area contributed by atoms with E-state index in [1.165, 1.54) is 4.68 Å². The SMILES string of the molecule is CC(C)n1c(C(C)(C)C)nn(C)c1=O. The van der Waals surface area contributed by atoms with Crippen LogP contribution in [0.5, 0.6) is 0 Å². The van der Waals surface area contributed by atoms with Crippen molar-refractivity contribution in [3.8, 4) is 0 Å². The maximum Gasteiger partial charge on any atom is 0.345 e. The van der Waals surface area contributed by atoms with Crippen LogP contribution in [0.15, 0.2) is 4.79 Å². The van der Waals surface area contributed by atoms with Gasteiger partial charge in [0.25, 0.3) is 0 Å². The fourth-order valence-corrected chi connectivity index (χ4v) is 1.46. The molecule has 1 aromatic rings. The monoisotopic (exact) mass is 197 g/mol. The highest BCUT2D eigenvalue weighted by Gasteiger charge is 2.24. The second-order valence-corrected chi connectivity index (χ2v) is 4.94. The second-order valence-electron chi connectivity index (χ2n) is 4.94. The molecule has 4 nitrogen and oxygen atoms in total. The van der Waals surface area contributed by atoms with Gasteiger partial charge in [-0.3, -0.25) is 4.57 Å². The molecule has 1 heterocycles. The molecule has 4 heteroatoms. The third-order valence-corrected chi connectivity index (χ3v) is 2.14. The Morgan fingerprint density at radius 1 is 1.29 bits per heavy atom. The molecular weight excluding hydrogens is 178 g/mol. The summed E-state index contributed by atoms with van der Waals surface area (Å²) in [6.45, 7) is 10.2. The predicted molar refractivity (Wildman–Crippen MR) is 56.6 cm³/mol. The minimum Gasteiger partial charge on any atom is -0.276 e. The van der Waals surface area contributed by atoms with Crippen molar-refractivity contribution in [1.29, 1.82) is 0 Å². The molecule has 14 heavy (non-hydrogen) atoms. The van der Waals surface area contributed by atoms with Crippen molar-refractivity contribution in [2.24, 2.45) is 7.05 Å². The summed E-state index contributed by atoms with van der Waals surface area (Å²) in [5.74, 6) is 0.847. The van der Waals surface area contributed by atoms with Crippen LogP contribution in [0.2, 0.25) is 0 Å². The quantitative estimate of drug-likeness (QED) is 0.683. The zero-order valence-corrected chi connectivity index (χ0v) is 9.83. The molecule has 0 saturated heterocycles. The van der Waals surface area contributed by atoms with E-state index in [1.807, 2.05) is 13.8 Å². The summed E-state index contributed by atoms with van der Waals surface area (Å²) in [6, 6.07) is 0.158. The number of aryl methyl sites for hydroxylation is 1. The molecule has 0 aliphatic heterocycles. The van der Waals surface area contributed by atoms with E-state index < -0.39 is 0 Å². The van der Waals surface area contributed by atoms with Crippen LogP contribution in [0, 0.1) is 0 Å². The molecule has 0 bridgehead atoms. The van der Waals surface area contributed by atoms with Crippen molar-refractivity contribution in [3.05, 3.63) is 16.3 Å². The Bertz CT molecular complexity index is 379. The van der Waals surface area contributed by atoms with Gasteiger partial charge in [0, 0.05) is 18.5 Å². The van der Waals surface area contributed by atoms with E-state index in [2.05, 4.69) is 25.9 Å². The van der Waals surface area contributed by atoms with Crippen molar-refractivity contribution < 1.29 is 0 Å². The fraction of sp³-hybridized carbons (Fsp3) is 0.800. The molecule has 0 amide bonds. The van der Waals surface area contributed by atoms with Crippen LogP contribution in [0.25, 0.3) is 0 Å². The molecule has 1 aromatic heterocycles. The summed E-state index contributed by atoms with van der Waals surface area (Å²) in [5.41, 5.74) is -0.130. The summed E-state index contributed by atoms with van der Waals surface area (Å²) in [7, 11) is 1.69. The van der Waals surface area contributed by atoms with Gasteiger partial charge in [-0.05, 0) is 13.8 Å². The van der Waals surface area contributed by atoms with Crippen LogP contribution in [0.4, 0.5) is 0 Å². The van der Waals surface area contributed by atoms with Gasteiger partial charge in [0.1, 0.15) is 5.82 Å². The highest BCUT2D eigenvalue weighted by Crippen LogP contribution is 2.20. The lowest BCUT2D eigenvalue weighted by Crippen LogP contribution is -2.28. The molecule has 0 N–H and O–H groups in total. The van der Waals surface area contributed by atoms with E-state index in [9.17, 15) is 4.79 Å². The van der Waals surface area contributed by atoms with Gasteiger partial charge in [-0.1, -0.05) is 20.8 Å². The average Bonchev–Trinajstić information content (AvgIpc) is 2.27. The number of aromatic nitrogens is 3. The average molecular weight is 197 g/mol. The number of nitrogens with zero attached hydrogens (tertiary/aromatic N) is 3. The summed E-state index contributed by atoms with van der Waals surface area (Å²) in [6.07, 6.45) is 0. The molecule has 0 saturated carbocycles. The number of hydrogen-bond donors (Lipinski definition) is 0. The van der Waals surface area contributed by atoms with Gasteiger partial charge in [-0.15, -0.1) is 0 Å². The first-order valence-electron chi connectivity index (χ1n) is 4.91. The first-order chi connectivity index (χ1) is 6.25. The van der Waals surface area contributed by atoms with Crippen LogP contribution < -0.4 is 5.69 Å². The van der Waals surface area contributed by atoms with E-state index >= 15 is 0 Å². The van der Waals surface area contributed by atoms with Crippen molar-refractivity contribution in [2.45, 2.75) is 46.1 Å². The zero-order valence-electron chi connectivity index (χ0n) is 9.83. The summed E-state index contributed by atoms with van der Waals surface area (Å²) in [5, 5.41) is 4.27. The summed E-state index contributed by atoms with van der Waals surface area (Å²) < 4.78 is 3.15. The molecule has 0 atom stereocenters. The van der Waals surface area contributed by atoms with Crippen LogP contribution in [0.1, 0.15) is 46.5 Å². The molecular formula is C10H19N3O. The van der Waals surface area contributed by atoms with Crippen LogP contribution >= 0.6 is 0 Å². The van der Waals surface area contributed by atoms with Gasteiger partial charge in [0.15, 0.2) is 0 Å². The van der Waals surface area contributed by atoms with Crippen LogP contribution in [0.3, 0.4) is 0 Å². The Morgan fingerprint density at radius 2 is 1.79 bits per heavy atom. The molecule has 1 rings (SSSR count). The van der Waals surface area contributed by atoms with Gasteiger partial charge in [0.05, 0.1) is 0 Å². The second kappa shape index (κ2) is 3.26. The van der Waals surface area contributed by atoms with E-state index in [1.54, 1.807) is 11.6 Å². The largest absolute Gasteiger partial charge is 0.345 e. The third kappa shape index (κ3) is 1.74. The molecule has 0 aliphatic rings. The van der Waals surface area contributed by atoms with Gasteiger partial charge in [-0.25, -0.2) is 9.48 Å². The lowest BCUT2D eigenvalue weighted by Gasteiger charge is -2.19. The molecule has 80 valence electrons. The Labute approximate surface area is 84.5 Å². The highest BCUT2D eigenvalue weighted by atomic mass is 16.2. The van der Waals surface area contributed by atoms with Gasteiger partial charge >= 0.3 is 5.69 Å². The van der Waals surface area contributed by atoms with Crippen molar-refractivity contribution in [2.75, 3.05) is 0 Å². The van der Waals surface area contributed by atoms with Gasteiger partial charge in [0.2, 0.25) is 0 Å². The Balaban J connectivity index is 3.45. The minimum absolute atomic E-state index is 0.0371. The molecule has 0 aromatic carbocycles. The number of hydrogen-bond acceptors (Lipinski definition) is 2. The zero-order chi connectivity index (χ0) is 11.1. The van der Waals surface area contributed by atoms with Crippen molar-refractivity contribution in [1.82, 2.24) is 14.3 Å². The van der Waals surface area contributed by atoms with Crippen molar-refractivity contribution >= 4 is 0 Å². The molecule has 0 spiro atoms. The fourth-order valence-electron chi connectivity index (χ4n) is 1.46. The molecule has 0 aliphatic carbocycles. The van der Waals surface area contributed by atoms with E-state index in [4.69, 9.17) is 0 Å². The van der Waals surface area contributed by atoms with E-state index in [0.29, 0.717) is 0 Å². The molecule has 0 fully saturated rings. The van der Waals surface area contributed by atoms with E-state index in [-0.39, 0.29) is 17.1 Å². The molecule has 0 radical (unpaired) electrons. The Kier molecular flexibility index (Phi) is 2.56.